The molecule has 86 valence electrons. The van der Waals surface area contributed by atoms with Crippen molar-refractivity contribution < 1.29 is 19.8 Å². The molecule has 1 unspecified atom stereocenters. The number of hydrogen-bond donors (Lipinski definition) is 2. The van der Waals surface area contributed by atoms with E-state index in [1.807, 2.05) is 0 Å². The van der Waals surface area contributed by atoms with E-state index in [1.165, 1.54) is 12.1 Å². The summed E-state index contributed by atoms with van der Waals surface area (Å²) in [6.45, 7) is 0. The van der Waals surface area contributed by atoms with Gasteiger partial charge in [-0.1, -0.05) is 40.2 Å². The first kappa shape index (κ1) is 12.9. The van der Waals surface area contributed by atoms with Crippen LogP contribution < -0.4 is 0 Å². The van der Waals surface area contributed by atoms with E-state index in [-0.39, 0.29) is 23.3 Å². The van der Waals surface area contributed by atoms with E-state index in [1.54, 1.807) is 12.1 Å². The van der Waals surface area contributed by atoms with Crippen molar-refractivity contribution in [3.63, 3.8) is 0 Å². The van der Waals surface area contributed by atoms with E-state index < -0.39 is 12.1 Å². The summed E-state index contributed by atoms with van der Waals surface area (Å²) in [5.74, 6) is -1.55. The van der Waals surface area contributed by atoms with Crippen molar-refractivity contribution in [1.82, 2.24) is 0 Å². The molecule has 1 aromatic rings. The van der Waals surface area contributed by atoms with Gasteiger partial charge in [0.1, 0.15) is 0 Å². The molecule has 0 saturated heterocycles. The average molecular weight is 287 g/mol. The second-order valence-electron chi connectivity index (χ2n) is 3.19. The zero-order valence-corrected chi connectivity index (χ0v) is 9.98. The molecule has 0 spiro atoms. The molecule has 0 saturated carbocycles. The first-order valence-electron chi connectivity index (χ1n) is 4.67. The number of aliphatic hydroxyl groups excluding tert-OH is 1. The molecule has 0 aromatic heterocycles. The lowest BCUT2D eigenvalue weighted by molar-refractivity contribution is -0.146. The normalized spacial score (nSPS) is 12.1. The molecule has 1 aromatic carbocycles. The molecule has 5 heteroatoms. The molecule has 0 aliphatic rings. The molecule has 16 heavy (non-hydrogen) atoms. The van der Waals surface area contributed by atoms with Gasteiger partial charge in [-0.25, -0.2) is 4.79 Å². The topological polar surface area (TPSA) is 74.6 Å². The van der Waals surface area contributed by atoms with Gasteiger partial charge in [-0.05, 0) is 0 Å². The van der Waals surface area contributed by atoms with Crippen molar-refractivity contribution in [2.75, 3.05) is 5.33 Å². The Labute approximate surface area is 101 Å². The van der Waals surface area contributed by atoms with Gasteiger partial charge in [0, 0.05) is 22.9 Å². The summed E-state index contributed by atoms with van der Waals surface area (Å²) in [5, 5.41) is 18.6. The molecule has 0 aliphatic carbocycles. The van der Waals surface area contributed by atoms with E-state index in [2.05, 4.69) is 15.9 Å². The third-order valence-electron chi connectivity index (χ3n) is 2.11. The third-order valence-corrected chi connectivity index (χ3v) is 2.51. The molecule has 1 atom stereocenters. The van der Waals surface area contributed by atoms with Gasteiger partial charge in [0.05, 0.1) is 0 Å². The van der Waals surface area contributed by atoms with Crippen LogP contribution in [0.4, 0.5) is 0 Å². The van der Waals surface area contributed by atoms with Gasteiger partial charge in [0.25, 0.3) is 0 Å². The monoisotopic (exact) mass is 286 g/mol. The van der Waals surface area contributed by atoms with Crippen LogP contribution in [-0.4, -0.2) is 27.3 Å². The second kappa shape index (κ2) is 5.77. The van der Waals surface area contributed by atoms with Crippen LogP contribution in [0.5, 0.6) is 0 Å². The van der Waals surface area contributed by atoms with Gasteiger partial charge in [0.15, 0.2) is 11.9 Å². The summed E-state index contributed by atoms with van der Waals surface area (Å²) in [6.07, 6.45) is -1.39. The van der Waals surface area contributed by atoms with E-state index >= 15 is 0 Å². The number of aliphatic carboxylic acids is 1. The van der Waals surface area contributed by atoms with Crippen molar-refractivity contribution in [2.45, 2.75) is 12.5 Å². The molecular weight excluding hydrogens is 276 g/mol. The van der Waals surface area contributed by atoms with Gasteiger partial charge in [-0.15, -0.1) is 0 Å². The molecule has 0 amide bonds. The number of benzene rings is 1. The maximum Gasteiger partial charge on any atom is 0.337 e. The minimum Gasteiger partial charge on any atom is -0.479 e. The Hall–Kier alpha value is -1.20. The van der Waals surface area contributed by atoms with E-state index in [9.17, 15) is 14.7 Å². The number of carbonyl (C=O) groups excluding carboxylic acids is 1. The molecular formula is C11H11BrO4. The molecule has 0 radical (unpaired) electrons. The number of carboxylic acids is 1. The molecule has 0 aliphatic heterocycles. The highest BCUT2D eigenvalue weighted by molar-refractivity contribution is 9.09. The van der Waals surface area contributed by atoms with E-state index in [0.717, 1.165) is 0 Å². The first-order valence-corrected chi connectivity index (χ1v) is 5.79. The highest BCUT2D eigenvalue weighted by Gasteiger charge is 2.21. The van der Waals surface area contributed by atoms with E-state index in [4.69, 9.17) is 5.11 Å². The fourth-order valence-electron chi connectivity index (χ4n) is 1.34. The number of rotatable bonds is 5. The number of aliphatic hydroxyl groups is 1. The predicted molar refractivity (Wildman–Crippen MR) is 61.8 cm³/mol. The van der Waals surface area contributed by atoms with Crippen LogP contribution in [0.15, 0.2) is 24.3 Å². The van der Waals surface area contributed by atoms with Gasteiger partial charge in [-0.3, -0.25) is 4.79 Å². The summed E-state index contributed by atoms with van der Waals surface area (Å²) >= 11 is 3.14. The minimum absolute atomic E-state index is 0.140. The highest BCUT2D eigenvalue weighted by atomic mass is 79.9. The van der Waals surface area contributed by atoms with Crippen LogP contribution in [-0.2, 0) is 4.79 Å². The summed E-state index contributed by atoms with van der Waals surface area (Å²) < 4.78 is 0. The maximum absolute atomic E-state index is 11.7. The molecule has 2 N–H and O–H groups in total. The van der Waals surface area contributed by atoms with Gasteiger partial charge < -0.3 is 10.2 Å². The fraction of sp³-hybridized carbons (Fsp3) is 0.273. The Morgan fingerprint density at radius 1 is 1.31 bits per heavy atom. The zero-order chi connectivity index (χ0) is 12.1. The molecule has 0 fully saturated rings. The molecule has 1 rings (SSSR count). The largest absolute Gasteiger partial charge is 0.479 e. The molecule has 0 bridgehead atoms. The van der Waals surface area contributed by atoms with Crippen molar-refractivity contribution >= 4 is 27.7 Å². The number of hydrogen-bond acceptors (Lipinski definition) is 3. The van der Waals surface area contributed by atoms with E-state index in [0.29, 0.717) is 5.33 Å². The smallest absolute Gasteiger partial charge is 0.337 e. The van der Waals surface area contributed by atoms with Crippen LogP contribution in [0.3, 0.4) is 0 Å². The molecule has 0 heterocycles. The molecule has 4 nitrogen and oxygen atoms in total. The number of alkyl halides is 1. The average Bonchev–Trinajstić information content (AvgIpc) is 2.28. The SMILES string of the molecule is O=C(CCBr)c1ccccc1C(O)C(=O)O. The lowest BCUT2D eigenvalue weighted by Crippen LogP contribution is -2.15. The fourth-order valence-corrected chi connectivity index (χ4v) is 1.70. The summed E-state index contributed by atoms with van der Waals surface area (Å²) in [6, 6.07) is 6.19. The zero-order valence-electron chi connectivity index (χ0n) is 8.39. The van der Waals surface area contributed by atoms with Crippen LogP contribution in [0, 0.1) is 0 Å². The summed E-state index contributed by atoms with van der Waals surface area (Å²) in [5.41, 5.74) is 0.401. The number of Topliss-reactive ketones (excluding diaryl/α,β-unsaturated/α-hetero) is 1. The first-order chi connectivity index (χ1) is 7.57. The summed E-state index contributed by atoms with van der Waals surface area (Å²) in [7, 11) is 0. The van der Waals surface area contributed by atoms with Crippen molar-refractivity contribution in [3.8, 4) is 0 Å². The highest BCUT2D eigenvalue weighted by Crippen LogP contribution is 2.19. The van der Waals surface area contributed by atoms with Crippen molar-refractivity contribution in [2.24, 2.45) is 0 Å². The lowest BCUT2D eigenvalue weighted by atomic mass is 9.98. The van der Waals surface area contributed by atoms with Crippen LogP contribution in [0.25, 0.3) is 0 Å². The Bertz CT molecular complexity index is 403. The lowest BCUT2D eigenvalue weighted by Gasteiger charge is -2.10. The maximum atomic E-state index is 11.7. The Morgan fingerprint density at radius 2 is 1.94 bits per heavy atom. The number of ketones is 1. The number of carboxylic acid groups (broad SMARTS) is 1. The van der Waals surface area contributed by atoms with Crippen LogP contribution >= 0.6 is 15.9 Å². The Balaban J connectivity index is 3.09. The van der Waals surface area contributed by atoms with Crippen molar-refractivity contribution in [1.29, 1.82) is 0 Å². The summed E-state index contributed by atoms with van der Waals surface area (Å²) in [4.78, 5) is 22.3. The van der Waals surface area contributed by atoms with Gasteiger partial charge in [-0.2, -0.15) is 0 Å². The second-order valence-corrected chi connectivity index (χ2v) is 3.98. The predicted octanol–water partition coefficient (Wildman–Crippen LogP) is 1.77. The quantitative estimate of drug-likeness (QED) is 0.639. The Morgan fingerprint density at radius 3 is 2.50 bits per heavy atom. The Kier molecular flexibility index (Phi) is 4.64. The van der Waals surface area contributed by atoms with Crippen LogP contribution in [0.1, 0.15) is 28.4 Å². The van der Waals surface area contributed by atoms with Gasteiger partial charge >= 0.3 is 5.97 Å². The van der Waals surface area contributed by atoms with Crippen molar-refractivity contribution in [3.05, 3.63) is 35.4 Å². The third kappa shape index (κ3) is 2.90. The standard InChI is InChI=1S/C11H11BrO4/c12-6-5-9(13)7-3-1-2-4-8(7)10(14)11(15)16/h1-4,10,14H,5-6H2,(H,15,16). The van der Waals surface area contributed by atoms with Gasteiger partial charge in [0.2, 0.25) is 0 Å². The number of halogens is 1. The van der Waals surface area contributed by atoms with Crippen LogP contribution in [0.2, 0.25) is 0 Å². The minimum atomic E-state index is -1.66. The number of carbonyl (C=O) groups is 2.